The Balaban J connectivity index is 1.10. The van der Waals surface area contributed by atoms with Gasteiger partial charge in [-0.15, -0.1) is 0 Å². The summed E-state index contributed by atoms with van der Waals surface area (Å²) in [5, 5.41) is 11.7. The minimum absolute atomic E-state index is 0.00169. The van der Waals surface area contributed by atoms with Crippen molar-refractivity contribution in [3.8, 4) is 11.8 Å². The Hall–Kier alpha value is -2.37. The van der Waals surface area contributed by atoms with Crippen LogP contribution in [0.2, 0.25) is 5.02 Å². The number of rotatable bonds is 7. The molecule has 160 valence electrons. The van der Waals surface area contributed by atoms with E-state index in [1.807, 2.05) is 0 Å². The molecule has 0 atom stereocenters. The molecule has 2 aliphatic carbocycles. The van der Waals surface area contributed by atoms with Gasteiger partial charge in [-0.2, -0.15) is 5.26 Å². The van der Waals surface area contributed by atoms with Gasteiger partial charge >= 0.3 is 0 Å². The van der Waals surface area contributed by atoms with Gasteiger partial charge in [0.2, 0.25) is 5.91 Å². The molecule has 9 heteroatoms. The molecule has 1 saturated heterocycles. The maximum absolute atomic E-state index is 13.4. The van der Waals surface area contributed by atoms with E-state index in [-0.39, 0.29) is 59.3 Å². The Kier molecular flexibility index (Phi) is 5.85. The number of hydrogen-bond donors (Lipinski definition) is 1. The average molecular weight is 436 g/mol. The van der Waals surface area contributed by atoms with Crippen LogP contribution in [0.15, 0.2) is 18.2 Å². The molecule has 0 radical (unpaired) electrons. The third-order valence-corrected chi connectivity index (χ3v) is 6.42. The summed E-state index contributed by atoms with van der Waals surface area (Å²) in [6.45, 7) is 1.25. The second kappa shape index (κ2) is 8.40. The minimum Gasteiger partial charge on any atom is -0.484 e. The first-order valence-corrected chi connectivity index (χ1v) is 10.4. The second-order valence-corrected chi connectivity index (χ2v) is 8.92. The van der Waals surface area contributed by atoms with Gasteiger partial charge in [0.05, 0.1) is 23.1 Å². The first-order chi connectivity index (χ1) is 14.4. The second-order valence-electron chi connectivity index (χ2n) is 8.52. The largest absolute Gasteiger partial charge is 0.484 e. The molecule has 3 aliphatic rings. The van der Waals surface area contributed by atoms with Crippen LogP contribution in [0.4, 0.5) is 4.39 Å². The van der Waals surface area contributed by atoms with Crippen LogP contribution in [-0.2, 0) is 14.3 Å². The van der Waals surface area contributed by atoms with Crippen LogP contribution >= 0.6 is 11.6 Å². The van der Waals surface area contributed by atoms with Gasteiger partial charge in [0, 0.05) is 30.6 Å². The molecule has 1 aliphatic heterocycles. The highest BCUT2D eigenvalue weighted by Gasteiger charge is 2.53. The summed E-state index contributed by atoms with van der Waals surface area (Å²) in [5.74, 6) is -0.557. The van der Waals surface area contributed by atoms with Gasteiger partial charge in [-0.3, -0.25) is 9.59 Å². The number of carbonyl (C=O) groups excluding carboxylic acids is 2. The maximum Gasteiger partial charge on any atom is 0.258 e. The number of likely N-dealkylation sites (tertiary alicyclic amines) is 1. The SMILES string of the molecule is N#C[C@H]1C[C@@H](OCC(=O)N2CC3(CC(NC(=O)COc4ccc(Cl)c(F)c4)C3)C2)C1. The molecule has 1 aromatic rings. The van der Waals surface area contributed by atoms with E-state index in [4.69, 9.17) is 26.3 Å². The Morgan fingerprint density at radius 1 is 1.30 bits per heavy atom. The van der Waals surface area contributed by atoms with Crippen LogP contribution in [0.3, 0.4) is 0 Å². The summed E-state index contributed by atoms with van der Waals surface area (Å²) in [4.78, 5) is 26.0. The van der Waals surface area contributed by atoms with Crippen molar-refractivity contribution in [1.29, 1.82) is 5.26 Å². The highest BCUT2D eigenvalue weighted by molar-refractivity contribution is 6.30. The first kappa shape index (κ1) is 20.9. The van der Waals surface area contributed by atoms with Crippen LogP contribution in [0, 0.1) is 28.5 Å². The van der Waals surface area contributed by atoms with Crippen LogP contribution in [0.5, 0.6) is 5.75 Å². The molecule has 4 rings (SSSR count). The molecule has 1 spiro atoms. The van der Waals surface area contributed by atoms with Crippen LogP contribution in [0.25, 0.3) is 0 Å². The number of nitrogens with one attached hydrogen (secondary N) is 1. The zero-order valence-corrected chi connectivity index (χ0v) is 17.2. The summed E-state index contributed by atoms with van der Waals surface area (Å²) in [5.41, 5.74) is 0.0934. The molecule has 1 heterocycles. The Morgan fingerprint density at radius 2 is 2.03 bits per heavy atom. The monoisotopic (exact) mass is 435 g/mol. The smallest absolute Gasteiger partial charge is 0.258 e. The molecule has 1 aromatic carbocycles. The Bertz CT molecular complexity index is 869. The zero-order valence-electron chi connectivity index (χ0n) is 16.4. The molecular weight excluding hydrogens is 413 g/mol. The van der Waals surface area contributed by atoms with E-state index < -0.39 is 5.82 Å². The number of ether oxygens (including phenoxy) is 2. The van der Waals surface area contributed by atoms with Crippen molar-refractivity contribution < 1.29 is 23.5 Å². The maximum atomic E-state index is 13.4. The van der Waals surface area contributed by atoms with Crippen molar-refractivity contribution in [2.45, 2.75) is 37.8 Å². The highest BCUT2D eigenvalue weighted by atomic mass is 35.5. The molecule has 2 amide bonds. The van der Waals surface area contributed by atoms with E-state index >= 15 is 0 Å². The quantitative estimate of drug-likeness (QED) is 0.709. The lowest BCUT2D eigenvalue weighted by atomic mass is 9.60. The van der Waals surface area contributed by atoms with E-state index in [0.717, 1.165) is 18.9 Å². The minimum atomic E-state index is -0.593. The van der Waals surface area contributed by atoms with Gasteiger partial charge in [0.1, 0.15) is 18.2 Å². The van der Waals surface area contributed by atoms with Crippen LogP contribution < -0.4 is 10.1 Å². The van der Waals surface area contributed by atoms with Gasteiger partial charge in [-0.1, -0.05) is 11.6 Å². The number of halogens is 2. The molecule has 30 heavy (non-hydrogen) atoms. The van der Waals surface area contributed by atoms with Gasteiger partial charge in [-0.05, 0) is 37.8 Å². The number of benzene rings is 1. The van der Waals surface area contributed by atoms with E-state index in [2.05, 4.69) is 11.4 Å². The third kappa shape index (κ3) is 4.52. The van der Waals surface area contributed by atoms with E-state index in [0.29, 0.717) is 25.9 Å². The van der Waals surface area contributed by atoms with E-state index in [1.54, 1.807) is 4.90 Å². The zero-order chi connectivity index (χ0) is 21.3. The van der Waals surface area contributed by atoms with Crippen molar-refractivity contribution in [2.24, 2.45) is 11.3 Å². The lowest BCUT2D eigenvalue weighted by Crippen LogP contribution is -2.68. The van der Waals surface area contributed by atoms with Crippen molar-refractivity contribution >= 4 is 23.4 Å². The fourth-order valence-electron chi connectivity index (χ4n) is 4.36. The summed E-state index contributed by atoms with van der Waals surface area (Å²) in [7, 11) is 0. The fraction of sp³-hybridized carbons (Fsp3) is 0.571. The van der Waals surface area contributed by atoms with Crippen molar-refractivity contribution in [1.82, 2.24) is 10.2 Å². The molecule has 0 aromatic heterocycles. The first-order valence-electron chi connectivity index (χ1n) is 10.0. The van der Waals surface area contributed by atoms with Gasteiger partial charge in [0.25, 0.3) is 5.91 Å². The van der Waals surface area contributed by atoms with Gasteiger partial charge in [0.15, 0.2) is 6.61 Å². The van der Waals surface area contributed by atoms with Crippen LogP contribution in [-0.4, -0.2) is 55.2 Å². The lowest BCUT2D eigenvalue weighted by Gasteiger charge is -2.59. The van der Waals surface area contributed by atoms with Crippen molar-refractivity contribution in [3.05, 3.63) is 29.0 Å². The van der Waals surface area contributed by atoms with Crippen molar-refractivity contribution in [3.63, 3.8) is 0 Å². The average Bonchev–Trinajstić information content (AvgIpc) is 2.62. The number of nitriles is 1. The van der Waals surface area contributed by atoms with Crippen molar-refractivity contribution in [2.75, 3.05) is 26.3 Å². The standard InChI is InChI=1S/C21H23ClFN3O4/c22-17-2-1-15(5-18(17)23)29-9-19(27)25-14-6-21(7-14)11-26(12-21)20(28)10-30-16-3-13(4-16)8-24/h1-2,5,13-14,16H,3-4,6-7,9-12H2,(H,25,27)/t13-,16+. The number of amides is 2. The molecule has 7 nitrogen and oxygen atoms in total. The normalized spacial score (nSPS) is 24.2. The molecule has 1 N–H and O–H groups in total. The van der Waals surface area contributed by atoms with E-state index in [9.17, 15) is 14.0 Å². The number of hydrogen-bond acceptors (Lipinski definition) is 5. The van der Waals surface area contributed by atoms with Crippen LogP contribution in [0.1, 0.15) is 25.7 Å². The molecule has 2 saturated carbocycles. The van der Waals surface area contributed by atoms with Gasteiger partial charge < -0.3 is 19.7 Å². The predicted molar refractivity (Wildman–Crippen MR) is 105 cm³/mol. The molecular formula is C21H23ClFN3O4. The Morgan fingerprint density at radius 3 is 2.70 bits per heavy atom. The van der Waals surface area contributed by atoms with Gasteiger partial charge in [-0.25, -0.2) is 4.39 Å². The topological polar surface area (TPSA) is 91.7 Å². The summed E-state index contributed by atoms with van der Waals surface area (Å²) in [6.07, 6.45) is 3.11. The predicted octanol–water partition coefficient (Wildman–Crippen LogP) is 2.28. The van der Waals surface area contributed by atoms with E-state index in [1.165, 1.54) is 12.1 Å². The highest BCUT2D eigenvalue weighted by Crippen LogP contribution is 2.48. The summed E-state index contributed by atoms with van der Waals surface area (Å²) >= 11 is 5.61. The molecule has 3 fully saturated rings. The number of carbonyl (C=O) groups is 2. The fourth-order valence-corrected chi connectivity index (χ4v) is 4.48. The Labute approximate surface area is 179 Å². The number of nitrogens with zero attached hydrogens (tertiary/aromatic N) is 2. The molecule has 0 bridgehead atoms. The summed E-state index contributed by atoms with van der Waals surface area (Å²) < 4.78 is 24.2. The third-order valence-electron chi connectivity index (χ3n) is 6.11. The lowest BCUT2D eigenvalue weighted by molar-refractivity contribution is -0.161. The molecule has 0 unspecified atom stereocenters. The summed E-state index contributed by atoms with van der Waals surface area (Å²) in [6, 6.07) is 6.29.